The molecular weight excluding hydrogens is 445 g/mol. The predicted molar refractivity (Wildman–Crippen MR) is 122 cm³/mol. The molecule has 0 aliphatic carbocycles. The summed E-state index contributed by atoms with van der Waals surface area (Å²) in [6.07, 6.45) is 1.05. The topological polar surface area (TPSA) is 81.2 Å². The number of fused-ring (bicyclic) bond motifs is 2. The van der Waals surface area contributed by atoms with Gasteiger partial charge in [0.1, 0.15) is 5.65 Å². The predicted octanol–water partition coefficient (Wildman–Crippen LogP) is 4.16. The van der Waals surface area contributed by atoms with E-state index in [1.807, 2.05) is 19.3 Å². The number of alkyl halides is 3. The summed E-state index contributed by atoms with van der Waals surface area (Å²) in [6.45, 7) is 3.58. The summed E-state index contributed by atoms with van der Waals surface area (Å²) in [5.74, 6) is -1.31. The van der Waals surface area contributed by atoms with Gasteiger partial charge in [-0.05, 0) is 79.6 Å². The number of carbonyl (C=O) groups is 1. The van der Waals surface area contributed by atoms with E-state index >= 15 is 0 Å². The number of halogens is 3. The highest BCUT2D eigenvalue weighted by Crippen LogP contribution is 2.38. The van der Waals surface area contributed by atoms with Crippen LogP contribution in [0.3, 0.4) is 0 Å². The number of hydrogen-bond acceptors (Lipinski definition) is 4. The van der Waals surface area contributed by atoms with Crippen molar-refractivity contribution in [3.8, 4) is 11.1 Å². The summed E-state index contributed by atoms with van der Waals surface area (Å²) in [5.41, 5.74) is 3.37. The maximum absolute atomic E-state index is 13.3. The summed E-state index contributed by atoms with van der Waals surface area (Å²) >= 11 is 0. The Hall–Kier alpha value is -2.91. The Labute approximate surface area is 195 Å². The molecule has 1 saturated heterocycles. The first-order chi connectivity index (χ1) is 16.1. The molecular formula is C25H27F3N4O2. The molecule has 180 valence electrons. The van der Waals surface area contributed by atoms with Gasteiger partial charge in [-0.1, -0.05) is 6.07 Å². The first-order valence-corrected chi connectivity index (χ1v) is 11.5. The number of pyridine rings is 1. The third-order valence-corrected chi connectivity index (χ3v) is 7.14. The van der Waals surface area contributed by atoms with E-state index in [1.54, 1.807) is 0 Å². The molecule has 2 aromatic heterocycles. The number of amides is 1. The van der Waals surface area contributed by atoms with E-state index in [4.69, 9.17) is 0 Å². The van der Waals surface area contributed by atoms with E-state index in [0.717, 1.165) is 68.7 Å². The Morgan fingerprint density at radius 2 is 2.03 bits per heavy atom. The van der Waals surface area contributed by atoms with Crippen molar-refractivity contribution < 1.29 is 23.1 Å². The van der Waals surface area contributed by atoms with E-state index in [9.17, 15) is 23.1 Å². The molecule has 2 atom stereocenters. The van der Waals surface area contributed by atoms with E-state index in [1.165, 1.54) is 0 Å². The van der Waals surface area contributed by atoms with Crippen LogP contribution in [0.15, 0.2) is 30.6 Å². The first-order valence-electron chi connectivity index (χ1n) is 11.5. The number of aryl methyl sites for hydroxylation is 1. The molecule has 3 aromatic rings. The smallest absolute Gasteiger partial charge is 0.373 e. The van der Waals surface area contributed by atoms with Crippen LogP contribution in [0.4, 0.5) is 13.2 Å². The lowest BCUT2D eigenvalue weighted by molar-refractivity contribution is -0.250. The normalized spacial score (nSPS) is 20.4. The molecule has 0 spiro atoms. The molecule has 0 radical (unpaired) electrons. The second-order valence-corrected chi connectivity index (χ2v) is 9.49. The Kier molecular flexibility index (Phi) is 5.44. The molecule has 5 rings (SSSR count). The lowest BCUT2D eigenvalue weighted by atomic mass is 9.86. The number of carbonyl (C=O) groups excluding carboxylic acids is 1. The van der Waals surface area contributed by atoms with Gasteiger partial charge in [0.05, 0.1) is 0 Å². The Morgan fingerprint density at radius 1 is 1.24 bits per heavy atom. The fraction of sp³-hybridized carbons (Fsp3) is 0.440. The maximum atomic E-state index is 13.3. The van der Waals surface area contributed by atoms with Gasteiger partial charge < -0.3 is 20.3 Å². The summed E-state index contributed by atoms with van der Waals surface area (Å²) in [7, 11) is 0. The van der Waals surface area contributed by atoms with Crippen molar-refractivity contribution >= 4 is 16.9 Å². The fourth-order valence-corrected chi connectivity index (χ4v) is 5.02. The van der Waals surface area contributed by atoms with Gasteiger partial charge in [0.2, 0.25) is 5.60 Å². The molecule has 1 aromatic carbocycles. The van der Waals surface area contributed by atoms with Crippen molar-refractivity contribution in [1.29, 1.82) is 0 Å². The molecule has 0 bridgehead atoms. The van der Waals surface area contributed by atoms with E-state index in [0.29, 0.717) is 13.3 Å². The number of benzene rings is 1. The van der Waals surface area contributed by atoms with Gasteiger partial charge in [-0.25, -0.2) is 4.98 Å². The highest BCUT2D eigenvalue weighted by Gasteiger charge is 2.57. The quantitative estimate of drug-likeness (QED) is 0.535. The number of nitrogens with one attached hydrogen (secondary N) is 2. The number of aliphatic hydroxyl groups is 1. The van der Waals surface area contributed by atoms with Crippen LogP contribution in [-0.2, 0) is 17.8 Å². The molecule has 2 aliphatic rings. The Balaban J connectivity index is 1.55. The number of rotatable bonds is 3. The van der Waals surface area contributed by atoms with Crippen LogP contribution in [0.25, 0.3) is 22.2 Å². The number of H-pyrrole nitrogens is 1. The minimum absolute atomic E-state index is 0.0440. The van der Waals surface area contributed by atoms with Crippen LogP contribution in [0.5, 0.6) is 0 Å². The molecule has 1 amide bonds. The third kappa shape index (κ3) is 3.76. The van der Waals surface area contributed by atoms with E-state index in [-0.39, 0.29) is 19.1 Å². The largest absolute Gasteiger partial charge is 0.426 e. The molecule has 4 heterocycles. The van der Waals surface area contributed by atoms with Crippen molar-refractivity contribution in [2.45, 2.75) is 57.5 Å². The molecule has 3 N–H and O–H groups in total. The lowest BCUT2D eigenvalue weighted by Crippen LogP contribution is -2.56. The molecule has 1 fully saturated rings. The standard InChI is InChI=1S/C25H27F3N4O2/c1-14-11-30-22-18(14)10-17(12-31-22)16-8-15-5-7-32(23(33)24(2,34)25(26,27)28)13-20(15)19(9-16)21-4-3-6-29-21/h8-12,21,29,34H,3-7,13H2,1-2H3,(H,30,31)/t21-,24+/m0/s1. The van der Waals surface area contributed by atoms with Gasteiger partial charge in [0.25, 0.3) is 5.91 Å². The molecule has 6 nitrogen and oxygen atoms in total. The monoisotopic (exact) mass is 472 g/mol. The molecule has 0 unspecified atom stereocenters. The second-order valence-electron chi connectivity index (χ2n) is 9.49. The zero-order valence-corrected chi connectivity index (χ0v) is 19.1. The molecule has 0 saturated carbocycles. The maximum Gasteiger partial charge on any atom is 0.426 e. The van der Waals surface area contributed by atoms with Crippen molar-refractivity contribution in [3.05, 3.63) is 52.8 Å². The summed E-state index contributed by atoms with van der Waals surface area (Å²) in [6, 6.07) is 6.30. The number of nitrogens with zero attached hydrogens (tertiary/aromatic N) is 2. The fourth-order valence-electron chi connectivity index (χ4n) is 5.02. The third-order valence-electron chi connectivity index (χ3n) is 7.14. The van der Waals surface area contributed by atoms with E-state index in [2.05, 4.69) is 33.5 Å². The van der Waals surface area contributed by atoms with Crippen molar-refractivity contribution in [3.63, 3.8) is 0 Å². The first kappa shape index (κ1) is 22.9. The minimum atomic E-state index is -5.04. The average Bonchev–Trinajstić information content (AvgIpc) is 3.47. The number of hydrogen-bond donors (Lipinski definition) is 3. The van der Waals surface area contributed by atoms with Crippen LogP contribution in [0.2, 0.25) is 0 Å². The van der Waals surface area contributed by atoms with Gasteiger partial charge in [0.15, 0.2) is 0 Å². The zero-order valence-electron chi connectivity index (χ0n) is 19.1. The minimum Gasteiger partial charge on any atom is -0.373 e. The summed E-state index contributed by atoms with van der Waals surface area (Å²) in [4.78, 5) is 21.5. The van der Waals surface area contributed by atoms with Crippen molar-refractivity contribution in [2.24, 2.45) is 0 Å². The molecule has 34 heavy (non-hydrogen) atoms. The average molecular weight is 473 g/mol. The Morgan fingerprint density at radius 3 is 2.74 bits per heavy atom. The van der Waals surface area contributed by atoms with Gasteiger partial charge in [-0.15, -0.1) is 0 Å². The van der Waals surface area contributed by atoms with Crippen LogP contribution >= 0.6 is 0 Å². The number of aromatic nitrogens is 2. The van der Waals surface area contributed by atoms with Gasteiger partial charge in [0, 0.05) is 42.5 Å². The van der Waals surface area contributed by atoms with Crippen molar-refractivity contribution in [1.82, 2.24) is 20.2 Å². The van der Waals surface area contributed by atoms with Crippen molar-refractivity contribution in [2.75, 3.05) is 13.1 Å². The summed E-state index contributed by atoms with van der Waals surface area (Å²) < 4.78 is 39.9. The molecule has 9 heteroatoms. The van der Waals surface area contributed by atoms with Crippen LogP contribution in [-0.4, -0.2) is 50.7 Å². The van der Waals surface area contributed by atoms with Gasteiger partial charge >= 0.3 is 6.18 Å². The second kappa shape index (κ2) is 8.09. The van der Waals surface area contributed by atoms with Gasteiger partial charge in [-0.3, -0.25) is 4.79 Å². The highest BCUT2D eigenvalue weighted by molar-refractivity contribution is 5.86. The Bertz CT molecular complexity index is 1260. The SMILES string of the molecule is Cc1c[nH]c2ncc(-c3cc4c(c([C@@H]5CCCN5)c3)CN(C(=O)[C@@](C)(O)C(F)(F)F)CC4)cc12. The lowest BCUT2D eigenvalue weighted by Gasteiger charge is -2.36. The van der Waals surface area contributed by atoms with Crippen LogP contribution in [0, 0.1) is 6.92 Å². The van der Waals surface area contributed by atoms with Crippen LogP contribution in [0.1, 0.15) is 48.1 Å². The van der Waals surface area contributed by atoms with Crippen LogP contribution < -0.4 is 5.32 Å². The highest BCUT2D eigenvalue weighted by atomic mass is 19.4. The number of aromatic amines is 1. The zero-order chi connectivity index (χ0) is 24.3. The van der Waals surface area contributed by atoms with Gasteiger partial charge in [-0.2, -0.15) is 13.2 Å². The summed E-state index contributed by atoms with van der Waals surface area (Å²) in [5, 5.41) is 14.5. The molecule has 2 aliphatic heterocycles. The van der Waals surface area contributed by atoms with E-state index < -0.39 is 17.7 Å².